The van der Waals surface area contributed by atoms with E-state index >= 15 is 0 Å². The summed E-state index contributed by atoms with van der Waals surface area (Å²) in [4.78, 5) is 14.3. The molecule has 0 unspecified atom stereocenters. The first-order valence-electron chi connectivity index (χ1n) is 9.15. The van der Waals surface area contributed by atoms with Gasteiger partial charge in [-0.3, -0.25) is 4.79 Å². The number of hydrogen-bond donors (Lipinski definition) is 2. The zero-order valence-corrected chi connectivity index (χ0v) is 17.9. The van der Waals surface area contributed by atoms with Gasteiger partial charge in [-0.1, -0.05) is 53.7 Å². The Labute approximate surface area is 191 Å². The Morgan fingerprint density at radius 3 is 2.38 bits per heavy atom. The molecule has 3 aromatic rings. The molecule has 32 heavy (non-hydrogen) atoms. The lowest BCUT2D eigenvalue weighted by Crippen LogP contribution is -2.15. The molecule has 1 amide bonds. The third-order valence-corrected chi connectivity index (χ3v) is 5.45. The summed E-state index contributed by atoms with van der Waals surface area (Å²) in [6, 6.07) is 21.4. The number of benzene rings is 3. The van der Waals surface area contributed by atoms with Crippen molar-refractivity contribution in [3.8, 4) is 6.07 Å². The van der Waals surface area contributed by atoms with Crippen LogP contribution in [0.2, 0.25) is 5.02 Å². The average Bonchev–Trinajstić information content (AvgIpc) is 2.76. The fourth-order valence-corrected chi connectivity index (χ4v) is 3.73. The predicted octanol–water partition coefficient (Wildman–Crippen LogP) is 6.97. The Balaban J connectivity index is 1.80. The number of carbonyl (C=O) groups excluding carboxylic acids is 1. The predicted molar refractivity (Wildman–Crippen MR) is 119 cm³/mol. The number of para-hydroxylation sites is 1. The summed E-state index contributed by atoms with van der Waals surface area (Å²) < 4.78 is 39.7. The minimum Gasteiger partial charge on any atom is -0.360 e. The molecule has 0 bridgehead atoms. The molecule has 0 atom stereocenters. The average molecular weight is 474 g/mol. The van der Waals surface area contributed by atoms with Crippen molar-refractivity contribution in [2.45, 2.75) is 16.0 Å². The van der Waals surface area contributed by atoms with Crippen molar-refractivity contribution in [3.05, 3.63) is 95.2 Å². The minimum absolute atomic E-state index is 0.0855. The van der Waals surface area contributed by atoms with Crippen molar-refractivity contribution < 1.29 is 18.0 Å². The molecule has 0 aromatic heterocycles. The fraction of sp³-hybridized carbons (Fsp3) is 0.0435. The number of carbonyl (C=O) groups is 1. The summed E-state index contributed by atoms with van der Waals surface area (Å²) in [6.07, 6.45) is -3.73. The third-order valence-electron chi connectivity index (χ3n) is 4.13. The van der Waals surface area contributed by atoms with E-state index in [0.717, 1.165) is 28.1 Å². The molecule has 0 aliphatic rings. The molecule has 3 rings (SSSR count). The summed E-state index contributed by atoms with van der Waals surface area (Å²) in [7, 11) is 0. The third kappa shape index (κ3) is 6.06. The number of nitriles is 1. The normalized spacial score (nSPS) is 11.5. The molecular weight excluding hydrogens is 459 g/mol. The van der Waals surface area contributed by atoms with Crippen LogP contribution in [0, 0.1) is 11.3 Å². The smallest absolute Gasteiger partial charge is 0.360 e. The van der Waals surface area contributed by atoms with Crippen LogP contribution in [0.3, 0.4) is 0 Å². The van der Waals surface area contributed by atoms with Crippen LogP contribution in [-0.4, -0.2) is 5.91 Å². The number of amides is 1. The molecule has 9 heteroatoms. The lowest BCUT2D eigenvalue weighted by molar-refractivity contribution is -0.136. The Hall–Kier alpha value is -3.41. The summed E-state index contributed by atoms with van der Waals surface area (Å²) in [5.41, 5.74) is -1.27. The number of rotatable bonds is 6. The van der Waals surface area contributed by atoms with Crippen LogP contribution in [0.25, 0.3) is 0 Å². The van der Waals surface area contributed by atoms with Gasteiger partial charge in [-0.25, -0.2) is 0 Å². The molecule has 4 nitrogen and oxygen atoms in total. The first-order chi connectivity index (χ1) is 15.3. The van der Waals surface area contributed by atoms with Gasteiger partial charge < -0.3 is 10.6 Å². The first kappa shape index (κ1) is 23.3. The molecule has 0 saturated heterocycles. The van der Waals surface area contributed by atoms with Crippen molar-refractivity contribution in [2.75, 3.05) is 10.6 Å². The standard InChI is InChI=1S/C23H15ClF3N3OS/c24-16-10-11-19(18(12-16)23(25,26)27)29-14-15(13-28)22(31)30-20-8-4-5-9-21(20)32-17-6-2-1-3-7-17/h1-12,14,29H,(H,30,31)/b15-14-. The van der Waals surface area contributed by atoms with E-state index in [9.17, 15) is 23.2 Å². The number of nitrogens with one attached hydrogen (secondary N) is 2. The highest BCUT2D eigenvalue weighted by Crippen LogP contribution is 2.37. The molecular formula is C23H15ClF3N3OS. The van der Waals surface area contributed by atoms with Crippen molar-refractivity contribution in [2.24, 2.45) is 0 Å². The van der Waals surface area contributed by atoms with Crippen LogP contribution in [0.4, 0.5) is 24.5 Å². The lowest BCUT2D eigenvalue weighted by Gasteiger charge is -2.13. The van der Waals surface area contributed by atoms with Gasteiger partial charge in [0.15, 0.2) is 0 Å². The number of hydrogen-bond acceptors (Lipinski definition) is 4. The maximum absolute atomic E-state index is 13.2. The molecule has 3 aromatic carbocycles. The Morgan fingerprint density at radius 1 is 1.00 bits per heavy atom. The van der Waals surface area contributed by atoms with Crippen LogP contribution in [0.1, 0.15) is 5.56 Å². The number of anilines is 2. The van der Waals surface area contributed by atoms with Gasteiger partial charge in [0.25, 0.3) is 5.91 Å². The van der Waals surface area contributed by atoms with Crippen LogP contribution in [0.5, 0.6) is 0 Å². The molecule has 0 fully saturated rings. The molecule has 2 N–H and O–H groups in total. The van der Waals surface area contributed by atoms with E-state index in [1.807, 2.05) is 42.5 Å². The molecule has 162 valence electrons. The Morgan fingerprint density at radius 2 is 1.69 bits per heavy atom. The van der Waals surface area contributed by atoms with Gasteiger partial charge in [0, 0.05) is 21.0 Å². The summed E-state index contributed by atoms with van der Waals surface area (Å²) >= 11 is 7.09. The van der Waals surface area contributed by atoms with Crippen LogP contribution < -0.4 is 10.6 Å². The molecule has 0 aliphatic heterocycles. The van der Waals surface area contributed by atoms with E-state index in [-0.39, 0.29) is 10.7 Å². The maximum atomic E-state index is 13.2. The van der Waals surface area contributed by atoms with Gasteiger partial charge in [0.05, 0.1) is 16.9 Å². The number of alkyl halides is 3. The van der Waals surface area contributed by atoms with Crippen molar-refractivity contribution in [1.29, 1.82) is 5.26 Å². The molecule has 0 radical (unpaired) electrons. The summed E-state index contributed by atoms with van der Waals surface area (Å²) in [5, 5.41) is 14.3. The summed E-state index contributed by atoms with van der Waals surface area (Å²) in [6.45, 7) is 0. The van der Waals surface area contributed by atoms with Crippen LogP contribution >= 0.6 is 23.4 Å². The van der Waals surface area contributed by atoms with Crippen LogP contribution in [-0.2, 0) is 11.0 Å². The van der Waals surface area contributed by atoms with Gasteiger partial charge in [-0.05, 0) is 42.5 Å². The van der Waals surface area contributed by atoms with E-state index in [4.69, 9.17) is 11.6 Å². The highest BCUT2D eigenvalue weighted by molar-refractivity contribution is 7.99. The zero-order chi connectivity index (χ0) is 23.1. The highest BCUT2D eigenvalue weighted by Gasteiger charge is 2.33. The second-order valence-electron chi connectivity index (χ2n) is 6.37. The van der Waals surface area contributed by atoms with Gasteiger partial charge in [-0.15, -0.1) is 0 Å². The minimum atomic E-state index is -4.66. The van der Waals surface area contributed by atoms with E-state index in [0.29, 0.717) is 5.69 Å². The zero-order valence-electron chi connectivity index (χ0n) is 16.3. The number of halogens is 4. The van der Waals surface area contributed by atoms with E-state index in [1.165, 1.54) is 17.8 Å². The summed E-state index contributed by atoms with van der Waals surface area (Å²) in [5.74, 6) is -0.761. The van der Waals surface area contributed by atoms with Gasteiger partial charge in [0.2, 0.25) is 0 Å². The van der Waals surface area contributed by atoms with Gasteiger partial charge in [-0.2, -0.15) is 18.4 Å². The van der Waals surface area contributed by atoms with Gasteiger partial charge >= 0.3 is 6.18 Å². The van der Waals surface area contributed by atoms with Crippen LogP contribution in [0.15, 0.2) is 94.4 Å². The molecule has 0 spiro atoms. The topological polar surface area (TPSA) is 64.9 Å². The highest BCUT2D eigenvalue weighted by atomic mass is 35.5. The molecule has 0 aliphatic carbocycles. The van der Waals surface area contributed by atoms with Gasteiger partial charge in [0.1, 0.15) is 11.6 Å². The van der Waals surface area contributed by atoms with E-state index in [2.05, 4.69) is 10.6 Å². The Kier molecular flexibility index (Phi) is 7.46. The van der Waals surface area contributed by atoms with E-state index in [1.54, 1.807) is 18.2 Å². The second-order valence-corrected chi connectivity index (χ2v) is 7.92. The van der Waals surface area contributed by atoms with Crippen molar-refractivity contribution >= 4 is 40.6 Å². The molecule has 0 saturated carbocycles. The monoisotopic (exact) mass is 473 g/mol. The van der Waals surface area contributed by atoms with Crippen molar-refractivity contribution in [3.63, 3.8) is 0 Å². The largest absolute Gasteiger partial charge is 0.418 e. The second kappa shape index (κ2) is 10.3. The van der Waals surface area contributed by atoms with E-state index < -0.39 is 23.2 Å². The lowest BCUT2D eigenvalue weighted by atomic mass is 10.1. The maximum Gasteiger partial charge on any atom is 0.418 e. The first-order valence-corrected chi connectivity index (χ1v) is 10.3. The quantitative estimate of drug-likeness (QED) is 0.300. The Bertz CT molecular complexity index is 1190. The SMILES string of the molecule is N#C/C(=C/Nc1ccc(Cl)cc1C(F)(F)F)C(=O)Nc1ccccc1Sc1ccccc1. The van der Waals surface area contributed by atoms with Crippen molar-refractivity contribution in [1.82, 2.24) is 0 Å². The fourth-order valence-electron chi connectivity index (χ4n) is 2.64. The number of nitrogens with zero attached hydrogens (tertiary/aromatic N) is 1. The molecule has 0 heterocycles.